The summed E-state index contributed by atoms with van der Waals surface area (Å²) in [4.78, 5) is 13.2. The monoisotopic (exact) mass is 630 g/mol. The number of aromatic hydroxyl groups is 8. The van der Waals surface area contributed by atoms with Crippen LogP contribution in [0, 0.1) is 0 Å². The Morgan fingerprint density at radius 1 is 0.791 bits per heavy atom. The third-order valence-corrected chi connectivity index (χ3v) is 8.56. The molecule has 2 atom stereocenters. The first-order valence-electron chi connectivity index (χ1n) is 12.8. The molecule has 0 saturated heterocycles. The largest absolute Gasteiger partial charge is 0.507 e. The molecule has 0 radical (unpaired) electrons. The standard InChI is InChI=1S/C30H30O11S2/c1-3-5-42-12-17-24(35)16-11-23(40-30(39)15-9-21(33)27(38)22(34)10-15)28(14-7-19(31)26(37)20(32)8-14)41-29(16)18(25(17)36)13-43-6-4-2/h3-4,7-10,23,28,31-38H,1-2,5-6,11-13H2/t23-,28-/m1/s1. The van der Waals surface area contributed by atoms with Gasteiger partial charge in [0.05, 0.1) is 5.56 Å². The van der Waals surface area contributed by atoms with E-state index in [2.05, 4.69) is 13.2 Å². The number of benzene rings is 3. The summed E-state index contributed by atoms with van der Waals surface area (Å²) in [5.74, 6) is -4.26. The first-order chi connectivity index (χ1) is 20.5. The second-order valence-electron chi connectivity index (χ2n) is 9.53. The molecule has 1 heterocycles. The number of phenols is 8. The fourth-order valence-electron chi connectivity index (χ4n) is 4.58. The van der Waals surface area contributed by atoms with E-state index in [9.17, 15) is 45.6 Å². The van der Waals surface area contributed by atoms with Crippen molar-refractivity contribution in [1.29, 1.82) is 0 Å². The molecule has 0 aliphatic carbocycles. The zero-order valence-electron chi connectivity index (χ0n) is 22.7. The summed E-state index contributed by atoms with van der Waals surface area (Å²) in [6.45, 7) is 7.39. The van der Waals surface area contributed by atoms with Crippen LogP contribution in [0.25, 0.3) is 0 Å². The average Bonchev–Trinajstić information content (AvgIpc) is 2.97. The van der Waals surface area contributed by atoms with E-state index in [0.29, 0.717) is 17.1 Å². The van der Waals surface area contributed by atoms with Gasteiger partial charge in [0, 0.05) is 51.7 Å². The highest BCUT2D eigenvalue weighted by atomic mass is 32.2. The summed E-state index contributed by atoms with van der Waals surface area (Å²) in [6, 6.07) is 4.00. The van der Waals surface area contributed by atoms with Crippen molar-refractivity contribution in [3.8, 4) is 51.7 Å². The van der Waals surface area contributed by atoms with E-state index in [-0.39, 0.29) is 57.4 Å². The van der Waals surface area contributed by atoms with Gasteiger partial charge in [-0.2, -0.15) is 23.5 Å². The summed E-state index contributed by atoms with van der Waals surface area (Å²) < 4.78 is 12.0. The van der Waals surface area contributed by atoms with Crippen molar-refractivity contribution in [2.75, 3.05) is 11.5 Å². The van der Waals surface area contributed by atoms with Gasteiger partial charge in [0.15, 0.2) is 40.6 Å². The maximum atomic E-state index is 13.2. The third-order valence-electron chi connectivity index (χ3n) is 6.63. The molecular weight excluding hydrogens is 600 g/mol. The zero-order chi connectivity index (χ0) is 31.4. The number of esters is 1. The van der Waals surface area contributed by atoms with E-state index < -0.39 is 52.7 Å². The quantitative estimate of drug-likeness (QED) is 0.0605. The Morgan fingerprint density at radius 2 is 1.30 bits per heavy atom. The molecule has 0 spiro atoms. The Balaban J connectivity index is 1.84. The van der Waals surface area contributed by atoms with E-state index in [1.807, 2.05) is 0 Å². The molecule has 43 heavy (non-hydrogen) atoms. The smallest absolute Gasteiger partial charge is 0.338 e. The number of carbonyl (C=O) groups is 1. The highest BCUT2D eigenvalue weighted by Gasteiger charge is 2.40. The van der Waals surface area contributed by atoms with Gasteiger partial charge < -0.3 is 50.3 Å². The van der Waals surface area contributed by atoms with Crippen LogP contribution in [-0.2, 0) is 22.7 Å². The van der Waals surface area contributed by atoms with Gasteiger partial charge in [-0.05, 0) is 24.3 Å². The second kappa shape index (κ2) is 13.2. The molecule has 228 valence electrons. The van der Waals surface area contributed by atoms with Crippen molar-refractivity contribution in [2.24, 2.45) is 0 Å². The lowest BCUT2D eigenvalue weighted by Crippen LogP contribution is -2.35. The van der Waals surface area contributed by atoms with Gasteiger partial charge >= 0.3 is 5.97 Å². The number of thioether (sulfide) groups is 2. The zero-order valence-corrected chi connectivity index (χ0v) is 24.3. The molecule has 3 aromatic rings. The summed E-state index contributed by atoms with van der Waals surface area (Å²) >= 11 is 2.83. The topological polar surface area (TPSA) is 197 Å². The van der Waals surface area contributed by atoms with Crippen molar-refractivity contribution < 1.29 is 55.1 Å². The van der Waals surface area contributed by atoms with Crippen molar-refractivity contribution >= 4 is 29.5 Å². The van der Waals surface area contributed by atoms with Gasteiger partial charge in [-0.15, -0.1) is 13.2 Å². The lowest BCUT2D eigenvalue weighted by atomic mass is 9.90. The number of carbonyl (C=O) groups excluding carboxylic acids is 1. The number of hydrogen-bond donors (Lipinski definition) is 8. The second-order valence-corrected chi connectivity index (χ2v) is 11.6. The maximum absolute atomic E-state index is 13.2. The molecule has 8 N–H and O–H groups in total. The minimum atomic E-state index is -1.24. The van der Waals surface area contributed by atoms with Gasteiger partial charge in [-0.25, -0.2) is 4.79 Å². The highest BCUT2D eigenvalue weighted by Crippen LogP contribution is 2.51. The maximum Gasteiger partial charge on any atom is 0.338 e. The average molecular weight is 631 g/mol. The van der Waals surface area contributed by atoms with Gasteiger partial charge in [-0.3, -0.25) is 0 Å². The van der Waals surface area contributed by atoms with Gasteiger partial charge in [0.1, 0.15) is 23.4 Å². The molecule has 0 unspecified atom stereocenters. The summed E-state index contributed by atoms with van der Waals surface area (Å²) in [6.07, 6.45) is 0.738. The lowest BCUT2D eigenvalue weighted by Gasteiger charge is -2.36. The molecule has 0 fully saturated rings. The van der Waals surface area contributed by atoms with Crippen LogP contribution in [0.1, 0.15) is 38.7 Å². The van der Waals surface area contributed by atoms with Crippen LogP contribution in [0.15, 0.2) is 49.6 Å². The summed E-state index contributed by atoms with van der Waals surface area (Å²) in [5.41, 5.74) is 0.622. The number of ether oxygens (including phenoxy) is 2. The predicted octanol–water partition coefficient (Wildman–Crippen LogP) is 5.07. The fourth-order valence-corrected chi connectivity index (χ4v) is 6.10. The molecule has 4 rings (SSSR count). The Morgan fingerprint density at radius 3 is 1.84 bits per heavy atom. The van der Waals surface area contributed by atoms with Crippen LogP contribution in [0.4, 0.5) is 0 Å². The molecule has 0 saturated carbocycles. The normalized spacial score (nSPS) is 15.7. The predicted molar refractivity (Wildman–Crippen MR) is 162 cm³/mol. The molecule has 13 heteroatoms. The van der Waals surface area contributed by atoms with Crippen LogP contribution in [-0.4, -0.2) is 64.4 Å². The Labute approximate surface area is 255 Å². The molecule has 1 aliphatic rings. The molecular formula is C30H30O11S2. The minimum absolute atomic E-state index is 0.0851. The van der Waals surface area contributed by atoms with Crippen LogP contribution >= 0.6 is 23.5 Å². The summed E-state index contributed by atoms with van der Waals surface area (Å²) in [7, 11) is 0. The van der Waals surface area contributed by atoms with Crippen molar-refractivity contribution in [1.82, 2.24) is 0 Å². The Hall–Kier alpha value is -4.49. The van der Waals surface area contributed by atoms with Crippen molar-refractivity contribution in [3.63, 3.8) is 0 Å². The van der Waals surface area contributed by atoms with Gasteiger partial charge in [0.25, 0.3) is 0 Å². The molecule has 11 nitrogen and oxygen atoms in total. The van der Waals surface area contributed by atoms with Crippen molar-refractivity contribution in [3.05, 3.63) is 77.4 Å². The number of fused-ring (bicyclic) bond motifs is 1. The molecule has 0 bridgehead atoms. The first kappa shape index (κ1) is 31.4. The van der Waals surface area contributed by atoms with Crippen LogP contribution in [0.3, 0.4) is 0 Å². The minimum Gasteiger partial charge on any atom is -0.507 e. The van der Waals surface area contributed by atoms with E-state index in [1.165, 1.54) is 23.5 Å². The third kappa shape index (κ3) is 6.47. The summed E-state index contributed by atoms with van der Waals surface area (Å²) in [5, 5.41) is 82.3. The van der Waals surface area contributed by atoms with E-state index >= 15 is 0 Å². The number of hydrogen-bond acceptors (Lipinski definition) is 13. The molecule has 0 amide bonds. The van der Waals surface area contributed by atoms with Crippen LogP contribution in [0.2, 0.25) is 0 Å². The van der Waals surface area contributed by atoms with E-state index in [4.69, 9.17) is 9.47 Å². The number of rotatable bonds is 11. The number of phenolic OH excluding ortho intramolecular Hbond substituents is 8. The van der Waals surface area contributed by atoms with Crippen molar-refractivity contribution in [2.45, 2.75) is 30.1 Å². The van der Waals surface area contributed by atoms with Gasteiger partial charge in [0.2, 0.25) is 0 Å². The van der Waals surface area contributed by atoms with E-state index in [0.717, 1.165) is 24.3 Å². The Kier molecular flexibility index (Phi) is 9.66. The highest BCUT2D eigenvalue weighted by molar-refractivity contribution is 7.98. The fraction of sp³-hybridized carbons (Fsp3) is 0.233. The molecule has 1 aliphatic heterocycles. The molecule has 3 aromatic carbocycles. The van der Waals surface area contributed by atoms with E-state index in [1.54, 1.807) is 12.2 Å². The lowest BCUT2D eigenvalue weighted by molar-refractivity contribution is -0.0192. The van der Waals surface area contributed by atoms with Gasteiger partial charge in [-0.1, -0.05) is 12.2 Å². The Bertz CT molecular complexity index is 1520. The SMILES string of the molecule is C=CCSCc1c(O)c(CSCC=C)c2c(c1O)C[C@@H](OC(=O)c1cc(O)c(O)c(O)c1)[C@@H](c1cc(O)c(O)c(O)c1)O2. The van der Waals surface area contributed by atoms with Crippen LogP contribution < -0.4 is 4.74 Å². The molecule has 0 aromatic heterocycles. The van der Waals surface area contributed by atoms with Crippen LogP contribution in [0.5, 0.6) is 51.7 Å². The first-order valence-corrected chi connectivity index (χ1v) is 15.1.